The quantitative estimate of drug-likeness (QED) is 0.663. The standard InChI is InChI=1S/C23H22O9/c1-12(24)32-23-9-27-21(14-6-19-20(31-11-30-19)7-17(14)25-2)15(23)8-26-22(23)13-3-4-16-18(5-13)29-10-28-16/h3-7,15,21-22H,8-11H2,1-2H3/t15-,21-,22-,23-/m1/s1. The molecule has 0 amide bonds. The highest BCUT2D eigenvalue weighted by Crippen LogP contribution is 2.57. The normalized spacial score (nSPS) is 29.1. The van der Waals surface area contributed by atoms with E-state index in [1.165, 1.54) is 6.92 Å². The Labute approximate surface area is 184 Å². The highest BCUT2D eigenvalue weighted by atomic mass is 16.7. The van der Waals surface area contributed by atoms with Gasteiger partial charge in [-0.3, -0.25) is 4.79 Å². The average molecular weight is 442 g/mol. The maximum absolute atomic E-state index is 12.2. The number of hydrogen-bond donors (Lipinski definition) is 0. The number of carbonyl (C=O) groups is 1. The molecule has 4 aliphatic rings. The van der Waals surface area contributed by atoms with Gasteiger partial charge in [0.2, 0.25) is 13.6 Å². The van der Waals surface area contributed by atoms with Crippen molar-refractivity contribution >= 4 is 5.97 Å². The summed E-state index contributed by atoms with van der Waals surface area (Å²) in [7, 11) is 1.59. The molecule has 9 nitrogen and oxygen atoms in total. The summed E-state index contributed by atoms with van der Waals surface area (Å²) in [6.45, 7) is 2.25. The minimum atomic E-state index is -0.994. The van der Waals surface area contributed by atoms with E-state index in [0.29, 0.717) is 35.4 Å². The van der Waals surface area contributed by atoms with Crippen LogP contribution in [0.4, 0.5) is 0 Å². The molecular weight excluding hydrogens is 420 g/mol. The van der Waals surface area contributed by atoms with Gasteiger partial charge in [0, 0.05) is 18.6 Å². The molecular formula is C23H22O9. The van der Waals surface area contributed by atoms with Crippen LogP contribution in [-0.4, -0.2) is 45.5 Å². The van der Waals surface area contributed by atoms with E-state index in [9.17, 15) is 4.79 Å². The van der Waals surface area contributed by atoms with Crippen LogP contribution in [0.1, 0.15) is 30.3 Å². The highest BCUT2D eigenvalue weighted by molar-refractivity contribution is 5.67. The second kappa shape index (κ2) is 7.18. The van der Waals surface area contributed by atoms with E-state index in [0.717, 1.165) is 11.1 Å². The molecule has 9 heteroatoms. The van der Waals surface area contributed by atoms with Gasteiger partial charge in [-0.25, -0.2) is 0 Å². The van der Waals surface area contributed by atoms with Crippen molar-refractivity contribution in [2.75, 3.05) is 33.9 Å². The van der Waals surface area contributed by atoms with E-state index in [1.807, 2.05) is 24.3 Å². The molecule has 0 radical (unpaired) electrons. The Morgan fingerprint density at radius 2 is 1.69 bits per heavy atom. The van der Waals surface area contributed by atoms with Crippen molar-refractivity contribution in [1.82, 2.24) is 0 Å². The first-order valence-electron chi connectivity index (χ1n) is 10.4. The Hall–Kier alpha value is -3.17. The Morgan fingerprint density at radius 3 is 2.44 bits per heavy atom. The predicted molar refractivity (Wildman–Crippen MR) is 107 cm³/mol. The number of benzene rings is 2. The molecule has 0 saturated carbocycles. The lowest BCUT2D eigenvalue weighted by molar-refractivity contribution is -0.167. The second-order valence-corrected chi connectivity index (χ2v) is 8.16. The zero-order valence-corrected chi connectivity index (χ0v) is 17.6. The van der Waals surface area contributed by atoms with Crippen LogP contribution in [0.25, 0.3) is 0 Å². The Kier molecular flexibility index (Phi) is 4.38. The number of esters is 1. The fourth-order valence-electron chi connectivity index (χ4n) is 5.06. The third kappa shape index (κ3) is 2.81. The van der Waals surface area contributed by atoms with E-state index < -0.39 is 23.8 Å². The molecule has 0 bridgehead atoms. The molecule has 32 heavy (non-hydrogen) atoms. The fourth-order valence-corrected chi connectivity index (χ4v) is 5.06. The number of carbonyl (C=O) groups excluding carboxylic acids is 1. The molecule has 0 aromatic heterocycles. The first-order valence-corrected chi connectivity index (χ1v) is 10.4. The van der Waals surface area contributed by atoms with Gasteiger partial charge in [-0.15, -0.1) is 0 Å². The van der Waals surface area contributed by atoms with Crippen LogP contribution in [0.15, 0.2) is 30.3 Å². The van der Waals surface area contributed by atoms with Crippen LogP contribution < -0.4 is 23.7 Å². The van der Waals surface area contributed by atoms with Gasteiger partial charge in [-0.2, -0.15) is 0 Å². The molecule has 2 saturated heterocycles. The van der Waals surface area contributed by atoms with Gasteiger partial charge in [-0.05, 0) is 23.8 Å². The molecule has 4 heterocycles. The highest BCUT2D eigenvalue weighted by Gasteiger charge is 2.63. The molecule has 0 aliphatic carbocycles. The van der Waals surface area contributed by atoms with Crippen LogP contribution in [0.2, 0.25) is 0 Å². The Balaban J connectivity index is 1.39. The summed E-state index contributed by atoms with van der Waals surface area (Å²) in [4.78, 5) is 12.2. The molecule has 0 spiro atoms. The average Bonchev–Trinajstić information content (AvgIpc) is 3.54. The maximum Gasteiger partial charge on any atom is 0.303 e. The van der Waals surface area contributed by atoms with Gasteiger partial charge >= 0.3 is 5.97 Å². The first kappa shape index (κ1) is 19.5. The van der Waals surface area contributed by atoms with Crippen molar-refractivity contribution in [2.45, 2.75) is 24.7 Å². The van der Waals surface area contributed by atoms with E-state index in [1.54, 1.807) is 13.2 Å². The topological polar surface area (TPSA) is 90.9 Å². The predicted octanol–water partition coefficient (Wildman–Crippen LogP) is 2.91. The Morgan fingerprint density at radius 1 is 0.969 bits per heavy atom. The van der Waals surface area contributed by atoms with Crippen LogP contribution >= 0.6 is 0 Å². The summed E-state index contributed by atoms with van der Waals surface area (Å²) >= 11 is 0. The molecule has 2 aromatic rings. The number of rotatable bonds is 4. The summed E-state index contributed by atoms with van der Waals surface area (Å²) < 4.78 is 46.1. The fraction of sp³-hybridized carbons (Fsp3) is 0.435. The van der Waals surface area contributed by atoms with Gasteiger partial charge in [0.15, 0.2) is 28.6 Å². The lowest BCUT2D eigenvalue weighted by Gasteiger charge is -2.32. The maximum atomic E-state index is 12.2. The SMILES string of the molecule is COc1cc2c(cc1[C@H]1OC[C@]3(OC(C)=O)[C@@H](c4ccc5c(c4)OCO5)OC[C@H]13)OCO2. The lowest BCUT2D eigenvalue weighted by Crippen LogP contribution is -2.43. The third-order valence-corrected chi connectivity index (χ3v) is 6.43. The minimum Gasteiger partial charge on any atom is -0.496 e. The van der Waals surface area contributed by atoms with Gasteiger partial charge in [0.25, 0.3) is 0 Å². The van der Waals surface area contributed by atoms with E-state index in [-0.39, 0.29) is 26.1 Å². The smallest absolute Gasteiger partial charge is 0.303 e. The van der Waals surface area contributed by atoms with Gasteiger partial charge < -0.3 is 37.9 Å². The van der Waals surface area contributed by atoms with Gasteiger partial charge in [-0.1, -0.05) is 6.07 Å². The van der Waals surface area contributed by atoms with Gasteiger partial charge in [0.1, 0.15) is 11.9 Å². The van der Waals surface area contributed by atoms with Crippen LogP contribution in [0.3, 0.4) is 0 Å². The van der Waals surface area contributed by atoms with Crippen LogP contribution in [0.5, 0.6) is 28.7 Å². The molecule has 4 aliphatic heterocycles. The van der Waals surface area contributed by atoms with Crippen molar-refractivity contribution in [2.24, 2.45) is 5.92 Å². The summed E-state index contributed by atoms with van der Waals surface area (Å²) in [5.74, 6) is 2.53. The van der Waals surface area contributed by atoms with Crippen LogP contribution in [-0.2, 0) is 19.0 Å². The van der Waals surface area contributed by atoms with E-state index in [2.05, 4.69) is 0 Å². The largest absolute Gasteiger partial charge is 0.496 e. The summed E-state index contributed by atoms with van der Waals surface area (Å²) in [6, 6.07) is 9.26. The molecule has 0 N–H and O–H groups in total. The molecule has 168 valence electrons. The molecule has 4 atom stereocenters. The number of hydrogen-bond acceptors (Lipinski definition) is 9. The number of ether oxygens (including phenoxy) is 8. The molecule has 2 aromatic carbocycles. The summed E-state index contributed by atoms with van der Waals surface area (Å²) in [6.07, 6.45) is -0.936. The summed E-state index contributed by atoms with van der Waals surface area (Å²) in [5.41, 5.74) is 0.636. The van der Waals surface area contributed by atoms with Crippen LogP contribution in [0, 0.1) is 5.92 Å². The van der Waals surface area contributed by atoms with Crippen molar-refractivity contribution in [3.8, 4) is 28.7 Å². The minimum absolute atomic E-state index is 0.156. The van der Waals surface area contributed by atoms with E-state index in [4.69, 9.17) is 37.9 Å². The first-order chi connectivity index (χ1) is 15.6. The lowest BCUT2D eigenvalue weighted by atomic mass is 9.80. The molecule has 6 rings (SSSR count). The number of fused-ring (bicyclic) bond motifs is 3. The third-order valence-electron chi connectivity index (χ3n) is 6.43. The van der Waals surface area contributed by atoms with Gasteiger partial charge in [0.05, 0.1) is 32.3 Å². The van der Waals surface area contributed by atoms with Crippen molar-refractivity contribution in [1.29, 1.82) is 0 Å². The van der Waals surface area contributed by atoms with E-state index >= 15 is 0 Å². The monoisotopic (exact) mass is 442 g/mol. The number of methoxy groups -OCH3 is 1. The molecule has 2 fully saturated rings. The van der Waals surface area contributed by atoms with Crippen molar-refractivity contribution in [3.63, 3.8) is 0 Å². The zero-order chi connectivity index (χ0) is 21.9. The zero-order valence-electron chi connectivity index (χ0n) is 17.6. The van der Waals surface area contributed by atoms with Crippen molar-refractivity contribution < 1.29 is 42.7 Å². The second-order valence-electron chi connectivity index (χ2n) is 8.16. The van der Waals surface area contributed by atoms with Crippen molar-refractivity contribution in [3.05, 3.63) is 41.5 Å². The molecule has 0 unspecified atom stereocenters. The summed E-state index contributed by atoms with van der Waals surface area (Å²) in [5, 5.41) is 0. The Bertz CT molecular complexity index is 1080.